The third kappa shape index (κ3) is 4.37. The highest BCUT2D eigenvalue weighted by Crippen LogP contribution is 2.27. The minimum Gasteiger partial charge on any atom is -0.461 e. The summed E-state index contributed by atoms with van der Waals surface area (Å²) in [6.07, 6.45) is 0.779. The second-order valence-corrected chi connectivity index (χ2v) is 6.69. The maximum Gasteiger partial charge on any atom is 0.274 e. The molecule has 0 aliphatic carbocycles. The number of benzene rings is 2. The van der Waals surface area contributed by atoms with Crippen LogP contribution in [0.4, 0.5) is 5.69 Å². The van der Waals surface area contributed by atoms with Gasteiger partial charge in [0.1, 0.15) is 11.3 Å². The number of nitrogens with zero attached hydrogens (tertiary/aromatic N) is 2. The molecule has 1 aromatic heterocycles. The largest absolute Gasteiger partial charge is 0.461 e. The van der Waals surface area contributed by atoms with Gasteiger partial charge in [-0.25, -0.2) is 0 Å². The van der Waals surface area contributed by atoms with Gasteiger partial charge >= 0.3 is 0 Å². The van der Waals surface area contributed by atoms with Gasteiger partial charge in [-0.3, -0.25) is 19.8 Å². The molecule has 7 nitrogen and oxygen atoms in total. The maximum atomic E-state index is 12.3. The molecule has 0 spiro atoms. The van der Waals surface area contributed by atoms with Gasteiger partial charge in [0, 0.05) is 42.1 Å². The zero-order valence-corrected chi connectivity index (χ0v) is 16.0. The van der Waals surface area contributed by atoms with E-state index in [4.69, 9.17) is 4.42 Å². The summed E-state index contributed by atoms with van der Waals surface area (Å²) in [6, 6.07) is 14.3. The van der Waals surface area contributed by atoms with E-state index in [9.17, 15) is 14.9 Å². The zero-order chi connectivity index (χ0) is 20.1. The number of aryl methyl sites for hydroxylation is 1. The van der Waals surface area contributed by atoms with E-state index in [2.05, 4.69) is 5.32 Å². The molecule has 3 aromatic rings. The molecule has 1 amide bonds. The quantitative estimate of drug-likeness (QED) is 0.475. The Morgan fingerprint density at radius 1 is 1.18 bits per heavy atom. The third-order valence-corrected chi connectivity index (χ3v) is 4.61. The fourth-order valence-electron chi connectivity index (χ4n) is 3.27. The smallest absolute Gasteiger partial charge is 0.274 e. The van der Waals surface area contributed by atoms with Gasteiger partial charge in [-0.1, -0.05) is 43.3 Å². The van der Waals surface area contributed by atoms with Crippen LogP contribution < -0.4 is 5.32 Å². The molecule has 0 aliphatic heterocycles. The van der Waals surface area contributed by atoms with Crippen molar-refractivity contribution in [1.82, 2.24) is 10.2 Å². The van der Waals surface area contributed by atoms with Crippen molar-refractivity contribution < 1.29 is 14.1 Å². The number of carbonyl (C=O) groups is 1. The van der Waals surface area contributed by atoms with Gasteiger partial charge in [0.15, 0.2) is 0 Å². The van der Waals surface area contributed by atoms with Gasteiger partial charge < -0.3 is 9.73 Å². The lowest BCUT2D eigenvalue weighted by Crippen LogP contribution is -2.34. The number of nitro groups is 1. The molecule has 28 heavy (non-hydrogen) atoms. The van der Waals surface area contributed by atoms with Crippen LogP contribution in [-0.2, 0) is 24.3 Å². The number of likely N-dealkylation sites (N-methyl/N-ethyl adjacent to an activating group) is 1. The molecule has 0 saturated heterocycles. The van der Waals surface area contributed by atoms with E-state index < -0.39 is 4.92 Å². The second-order valence-electron chi connectivity index (χ2n) is 6.69. The average Bonchev–Trinajstić information content (AvgIpc) is 3.04. The van der Waals surface area contributed by atoms with Crippen LogP contribution in [-0.4, -0.2) is 29.3 Å². The highest BCUT2D eigenvalue weighted by molar-refractivity contribution is 5.82. The van der Waals surface area contributed by atoms with Crippen LogP contribution in [0.25, 0.3) is 11.0 Å². The van der Waals surface area contributed by atoms with Gasteiger partial charge in [0.25, 0.3) is 5.69 Å². The third-order valence-electron chi connectivity index (χ3n) is 4.61. The zero-order valence-electron chi connectivity index (χ0n) is 16.0. The second kappa shape index (κ2) is 8.67. The van der Waals surface area contributed by atoms with E-state index in [0.717, 1.165) is 28.7 Å². The normalized spacial score (nSPS) is 11.1. The highest BCUT2D eigenvalue weighted by atomic mass is 16.6. The summed E-state index contributed by atoms with van der Waals surface area (Å²) in [7, 11) is 1.87. The number of amides is 1. The van der Waals surface area contributed by atoms with E-state index in [-0.39, 0.29) is 24.7 Å². The number of hydrogen-bond donors (Lipinski definition) is 1. The number of nitro benzene ring substituents is 1. The minimum atomic E-state index is -0.441. The number of fused-ring (bicyclic) bond motifs is 1. The van der Waals surface area contributed by atoms with Crippen molar-refractivity contribution in [3.63, 3.8) is 0 Å². The summed E-state index contributed by atoms with van der Waals surface area (Å²) in [6.45, 7) is 2.93. The summed E-state index contributed by atoms with van der Waals surface area (Å²) in [5, 5.41) is 14.9. The monoisotopic (exact) mass is 381 g/mol. The molecule has 146 valence electrons. The summed E-state index contributed by atoms with van der Waals surface area (Å²) in [5.74, 6) is 0.736. The van der Waals surface area contributed by atoms with Gasteiger partial charge in [-0.2, -0.15) is 0 Å². The molecule has 0 bridgehead atoms. The van der Waals surface area contributed by atoms with Crippen LogP contribution in [0.3, 0.4) is 0 Å². The molecule has 1 N–H and O–H groups in total. The lowest BCUT2D eigenvalue weighted by Gasteiger charge is -2.16. The first-order chi connectivity index (χ1) is 13.5. The Morgan fingerprint density at radius 2 is 1.89 bits per heavy atom. The van der Waals surface area contributed by atoms with E-state index in [1.807, 2.05) is 43.1 Å². The Kier molecular flexibility index (Phi) is 6.06. The summed E-state index contributed by atoms with van der Waals surface area (Å²) < 4.78 is 5.90. The molecular weight excluding hydrogens is 358 g/mol. The van der Waals surface area contributed by atoms with Crippen molar-refractivity contribution in [2.75, 3.05) is 13.6 Å². The average molecular weight is 381 g/mol. The summed E-state index contributed by atoms with van der Waals surface area (Å²) in [4.78, 5) is 24.8. The molecule has 7 heteroatoms. The topological polar surface area (TPSA) is 88.6 Å². The Morgan fingerprint density at radius 3 is 2.64 bits per heavy atom. The number of furan rings is 1. The van der Waals surface area contributed by atoms with Gasteiger partial charge in [0.2, 0.25) is 5.91 Å². The fraction of sp³-hybridized carbons (Fsp3) is 0.286. The molecule has 0 fully saturated rings. The molecule has 0 radical (unpaired) electrons. The number of nitrogens with one attached hydrogen (secondary N) is 1. The maximum absolute atomic E-state index is 12.3. The van der Waals surface area contributed by atoms with Crippen LogP contribution in [0, 0.1) is 10.1 Å². The molecule has 1 heterocycles. The Bertz CT molecular complexity index is 996. The highest BCUT2D eigenvalue weighted by Gasteiger charge is 2.17. The number of rotatable bonds is 8. The Balaban J connectivity index is 1.62. The van der Waals surface area contributed by atoms with Crippen molar-refractivity contribution in [2.24, 2.45) is 0 Å². The standard InChI is InChI=1S/C21H23N3O4/c1-3-19-17(16-9-5-7-11-20(16)28-19)13-23(2)14-21(25)22-12-15-8-4-6-10-18(15)24(26)27/h4-11H,3,12-14H2,1-2H3,(H,22,25). The summed E-state index contributed by atoms with van der Waals surface area (Å²) >= 11 is 0. The molecule has 0 unspecified atom stereocenters. The molecule has 0 saturated carbocycles. The van der Waals surface area contributed by atoms with Crippen LogP contribution in [0.5, 0.6) is 0 Å². The number of hydrogen-bond acceptors (Lipinski definition) is 5. The van der Waals surface area contributed by atoms with Crippen molar-refractivity contribution in [3.05, 3.63) is 75.5 Å². The van der Waals surface area contributed by atoms with Crippen molar-refractivity contribution in [2.45, 2.75) is 26.4 Å². The van der Waals surface area contributed by atoms with E-state index in [1.165, 1.54) is 6.07 Å². The fourth-order valence-corrected chi connectivity index (χ4v) is 3.27. The van der Waals surface area contributed by atoms with E-state index in [1.54, 1.807) is 18.2 Å². The lowest BCUT2D eigenvalue weighted by atomic mass is 10.1. The summed E-state index contributed by atoms with van der Waals surface area (Å²) in [5.41, 5.74) is 2.43. The van der Waals surface area contributed by atoms with Gasteiger partial charge in [-0.05, 0) is 13.1 Å². The Labute approximate surface area is 163 Å². The molecule has 0 aliphatic rings. The van der Waals surface area contributed by atoms with Crippen LogP contribution in [0.1, 0.15) is 23.8 Å². The SMILES string of the molecule is CCc1oc2ccccc2c1CN(C)CC(=O)NCc1ccccc1[N+](=O)[O-]. The predicted molar refractivity (Wildman–Crippen MR) is 107 cm³/mol. The van der Waals surface area contributed by atoms with E-state index in [0.29, 0.717) is 12.1 Å². The molecule has 3 rings (SSSR count). The van der Waals surface area contributed by atoms with Crippen molar-refractivity contribution in [3.8, 4) is 0 Å². The number of para-hydroxylation sites is 2. The van der Waals surface area contributed by atoms with Crippen molar-refractivity contribution in [1.29, 1.82) is 0 Å². The van der Waals surface area contributed by atoms with Crippen molar-refractivity contribution >= 4 is 22.6 Å². The molecular formula is C21H23N3O4. The van der Waals surface area contributed by atoms with Crippen LogP contribution >= 0.6 is 0 Å². The first kappa shape index (κ1) is 19.6. The van der Waals surface area contributed by atoms with Gasteiger partial charge in [0.05, 0.1) is 11.5 Å². The Hall–Kier alpha value is -3.19. The van der Waals surface area contributed by atoms with E-state index >= 15 is 0 Å². The first-order valence-corrected chi connectivity index (χ1v) is 9.16. The molecule has 2 aromatic carbocycles. The van der Waals surface area contributed by atoms with Gasteiger partial charge in [-0.15, -0.1) is 0 Å². The predicted octanol–water partition coefficient (Wildman–Crippen LogP) is 3.65. The molecule has 0 atom stereocenters. The van der Waals surface area contributed by atoms with Crippen LogP contribution in [0.15, 0.2) is 52.9 Å². The number of carbonyl (C=O) groups excluding carboxylic acids is 1. The van der Waals surface area contributed by atoms with Crippen LogP contribution in [0.2, 0.25) is 0 Å². The lowest BCUT2D eigenvalue weighted by molar-refractivity contribution is -0.385. The minimum absolute atomic E-state index is 0.00797. The first-order valence-electron chi connectivity index (χ1n) is 9.16.